The molecule has 0 atom stereocenters. The van der Waals surface area contributed by atoms with E-state index >= 15 is 0 Å². The van der Waals surface area contributed by atoms with Crippen LogP contribution in [0.2, 0.25) is 0 Å². The Morgan fingerprint density at radius 1 is 1.47 bits per heavy atom. The van der Waals surface area contributed by atoms with Gasteiger partial charge in [-0.2, -0.15) is 0 Å². The predicted molar refractivity (Wildman–Crippen MR) is 65.3 cm³/mol. The minimum Gasteiger partial charge on any atom is -0.399 e. The number of carbonyl (C=O) groups excluding carboxylic acids is 1. The molecule has 0 fully saturated rings. The van der Waals surface area contributed by atoms with Gasteiger partial charge in [0.1, 0.15) is 0 Å². The fourth-order valence-corrected chi connectivity index (χ4v) is 1.35. The number of hydrogen-bond donors (Lipinski definition) is 4. The molecule has 2 aromatic rings. The summed E-state index contributed by atoms with van der Waals surface area (Å²) in [6.45, 7) is 0.397. The van der Waals surface area contributed by atoms with Gasteiger partial charge in [-0.3, -0.25) is 0 Å². The zero-order chi connectivity index (χ0) is 12.1. The summed E-state index contributed by atoms with van der Waals surface area (Å²) in [6.07, 6.45) is 3.22. The third kappa shape index (κ3) is 3.23. The van der Waals surface area contributed by atoms with Crippen LogP contribution in [0.25, 0.3) is 0 Å². The number of aromatic nitrogens is 2. The lowest BCUT2D eigenvalue weighted by Crippen LogP contribution is -2.28. The van der Waals surface area contributed by atoms with Crippen molar-refractivity contribution in [3.05, 3.63) is 42.5 Å². The summed E-state index contributed by atoms with van der Waals surface area (Å²) in [5.74, 6) is 0. The van der Waals surface area contributed by atoms with Crippen LogP contribution in [0.3, 0.4) is 0 Å². The molecule has 1 aromatic carbocycles. The van der Waals surface area contributed by atoms with E-state index < -0.39 is 0 Å². The van der Waals surface area contributed by atoms with Crippen LogP contribution in [0.15, 0.2) is 36.8 Å². The van der Waals surface area contributed by atoms with Gasteiger partial charge in [-0.1, -0.05) is 6.07 Å². The topological polar surface area (TPSA) is 95.8 Å². The zero-order valence-corrected chi connectivity index (χ0v) is 9.10. The summed E-state index contributed by atoms with van der Waals surface area (Å²) in [6, 6.07) is 6.71. The smallest absolute Gasteiger partial charge is 0.319 e. The summed E-state index contributed by atoms with van der Waals surface area (Å²) in [5.41, 5.74) is 7.71. The van der Waals surface area contributed by atoms with Crippen LogP contribution >= 0.6 is 0 Å². The molecule has 0 aliphatic heterocycles. The molecule has 0 aliphatic carbocycles. The van der Waals surface area contributed by atoms with E-state index in [4.69, 9.17) is 5.73 Å². The first-order chi connectivity index (χ1) is 8.24. The molecule has 6 nitrogen and oxygen atoms in total. The Labute approximate surface area is 98.2 Å². The van der Waals surface area contributed by atoms with Crippen molar-refractivity contribution in [2.24, 2.45) is 0 Å². The summed E-state index contributed by atoms with van der Waals surface area (Å²) in [7, 11) is 0. The number of urea groups is 1. The Morgan fingerprint density at radius 2 is 2.35 bits per heavy atom. The molecule has 0 saturated carbocycles. The number of imidazole rings is 1. The van der Waals surface area contributed by atoms with Gasteiger partial charge in [-0.15, -0.1) is 0 Å². The lowest BCUT2D eigenvalue weighted by molar-refractivity contribution is 0.251. The highest BCUT2D eigenvalue weighted by Crippen LogP contribution is 2.11. The maximum Gasteiger partial charge on any atom is 0.319 e. The van der Waals surface area contributed by atoms with E-state index in [9.17, 15) is 4.79 Å². The number of benzene rings is 1. The SMILES string of the molecule is Nc1cccc(NC(=O)NCc2cnc[nH]2)c1. The number of aromatic amines is 1. The van der Waals surface area contributed by atoms with Gasteiger partial charge in [-0.05, 0) is 18.2 Å². The number of hydrogen-bond acceptors (Lipinski definition) is 3. The molecule has 6 heteroatoms. The number of nitrogens with one attached hydrogen (secondary N) is 3. The molecular weight excluding hydrogens is 218 g/mol. The third-order valence-corrected chi connectivity index (χ3v) is 2.14. The van der Waals surface area contributed by atoms with Crippen LogP contribution < -0.4 is 16.4 Å². The first-order valence-corrected chi connectivity index (χ1v) is 5.12. The summed E-state index contributed by atoms with van der Waals surface area (Å²) < 4.78 is 0. The van der Waals surface area contributed by atoms with Gasteiger partial charge in [0, 0.05) is 17.6 Å². The van der Waals surface area contributed by atoms with Crippen molar-refractivity contribution in [3.63, 3.8) is 0 Å². The van der Waals surface area contributed by atoms with Crippen molar-refractivity contribution in [2.45, 2.75) is 6.54 Å². The van der Waals surface area contributed by atoms with Crippen LogP contribution in [-0.2, 0) is 6.54 Å². The van der Waals surface area contributed by atoms with Crippen LogP contribution in [0.5, 0.6) is 0 Å². The maximum atomic E-state index is 11.5. The molecule has 0 saturated heterocycles. The van der Waals surface area contributed by atoms with E-state index in [2.05, 4.69) is 20.6 Å². The molecule has 88 valence electrons. The number of nitrogen functional groups attached to an aromatic ring is 1. The van der Waals surface area contributed by atoms with E-state index in [1.54, 1.807) is 36.8 Å². The van der Waals surface area contributed by atoms with E-state index in [1.807, 2.05) is 0 Å². The summed E-state index contributed by atoms with van der Waals surface area (Å²) >= 11 is 0. The average molecular weight is 231 g/mol. The molecule has 0 radical (unpaired) electrons. The predicted octanol–water partition coefficient (Wildman–Crippen LogP) is 1.31. The largest absolute Gasteiger partial charge is 0.399 e. The maximum absolute atomic E-state index is 11.5. The van der Waals surface area contributed by atoms with Gasteiger partial charge < -0.3 is 21.4 Å². The highest BCUT2D eigenvalue weighted by atomic mass is 16.2. The van der Waals surface area contributed by atoms with E-state index in [0.717, 1.165) is 5.69 Å². The number of nitrogens with zero attached hydrogens (tertiary/aromatic N) is 1. The first-order valence-electron chi connectivity index (χ1n) is 5.12. The highest BCUT2D eigenvalue weighted by Gasteiger charge is 2.02. The van der Waals surface area contributed by atoms with Gasteiger partial charge >= 0.3 is 6.03 Å². The van der Waals surface area contributed by atoms with Gasteiger partial charge in [0.2, 0.25) is 0 Å². The molecule has 2 rings (SSSR count). The monoisotopic (exact) mass is 231 g/mol. The van der Waals surface area contributed by atoms with Crippen LogP contribution in [0, 0.1) is 0 Å². The molecule has 0 unspecified atom stereocenters. The quantitative estimate of drug-likeness (QED) is 0.600. The Bertz CT molecular complexity index is 494. The molecule has 1 heterocycles. The first kappa shape index (κ1) is 11.0. The van der Waals surface area contributed by atoms with E-state index in [1.165, 1.54) is 0 Å². The molecule has 0 aliphatic rings. The Balaban J connectivity index is 1.85. The van der Waals surface area contributed by atoms with Gasteiger partial charge in [0.05, 0.1) is 18.6 Å². The van der Waals surface area contributed by atoms with Gasteiger partial charge in [0.25, 0.3) is 0 Å². The second kappa shape index (κ2) is 5.02. The fraction of sp³-hybridized carbons (Fsp3) is 0.0909. The number of anilines is 2. The summed E-state index contributed by atoms with van der Waals surface area (Å²) in [5, 5.41) is 5.37. The van der Waals surface area contributed by atoms with Crippen molar-refractivity contribution < 1.29 is 4.79 Å². The lowest BCUT2D eigenvalue weighted by Gasteiger charge is -2.07. The number of rotatable bonds is 3. The minimum atomic E-state index is -0.287. The fourth-order valence-electron chi connectivity index (χ4n) is 1.35. The van der Waals surface area contributed by atoms with Crippen molar-refractivity contribution >= 4 is 17.4 Å². The number of H-pyrrole nitrogens is 1. The molecule has 5 N–H and O–H groups in total. The second-order valence-electron chi connectivity index (χ2n) is 3.51. The van der Waals surface area contributed by atoms with E-state index in [0.29, 0.717) is 17.9 Å². The third-order valence-electron chi connectivity index (χ3n) is 2.14. The second-order valence-corrected chi connectivity index (χ2v) is 3.51. The van der Waals surface area contributed by atoms with Crippen molar-refractivity contribution in [3.8, 4) is 0 Å². The Kier molecular flexibility index (Phi) is 3.25. The Hall–Kier alpha value is -2.50. The average Bonchev–Trinajstić information content (AvgIpc) is 2.79. The van der Waals surface area contributed by atoms with Gasteiger partial charge in [-0.25, -0.2) is 9.78 Å². The van der Waals surface area contributed by atoms with Gasteiger partial charge in [0.15, 0.2) is 0 Å². The molecule has 17 heavy (non-hydrogen) atoms. The van der Waals surface area contributed by atoms with Crippen molar-refractivity contribution in [2.75, 3.05) is 11.1 Å². The molecule has 0 spiro atoms. The summed E-state index contributed by atoms with van der Waals surface area (Å²) in [4.78, 5) is 18.3. The van der Waals surface area contributed by atoms with E-state index in [-0.39, 0.29) is 6.03 Å². The van der Waals surface area contributed by atoms with Crippen molar-refractivity contribution in [1.82, 2.24) is 15.3 Å². The van der Waals surface area contributed by atoms with Crippen molar-refractivity contribution in [1.29, 1.82) is 0 Å². The normalized spacial score (nSPS) is 9.88. The number of carbonyl (C=O) groups is 1. The Morgan fingerprint density at radius 3 is 3.06 bits per heavy atom. The lowest BCUT2D eigenvalue weighted by atomic mass is 10.3. The number of amides is 2. The number of nitrogens with two attached hydrogens (primary N) is 1. The van der Waals surface area contributed by atoms with Crippen LogP contribution in [0.1, 0.15) is 5.69 Å². The zero-order valence-electron chi connectivity index (χ0n) is 9.10. The van der Waals surface area contributed by atoms with Crippen LogP contribution in [-0.4, -0.2) is 16.0 Å². The standard InChI is InChI=1S/C11H13N5O/c12-8-2-1-3-9(4-8)16-11(17)14-6-10-5-13-7-15-10/h1-5,7H,6,12H2,(H,13,15)(H2,14,16,17). The highest BCUT2D eigenvalue weighted by molar-refractivity contribution is 5.89. The minimum absolute atomic E-state index is 0.287. The molecule has 2 amide bonds. The van der Waals surface area contributed by atoms with Crippen LogP contribution in [0.4, 0.5) is 16.2 Å². The molecule has 1 aromatic heterocycles. The molecular formula is C11H13N5O. The molecule has 0 bridgehead atoms.